The SMILES string of the molecule is CCCN(Cc1ccsc1)C(=O)c1ccc(Cl)c(Cl)c1. The van der Waals surface area contributed by atoms with Crippen LogP contribution in [-0.2, 0) is 6.54 Å². The molecule has 1 aromatic heterocycles. The van der Waals surface area contributed by atoms with Gasteiger partial charge in [-0.05, 0) is 47.0 Å². The van der Waals surface area contributed by atoms with Crippen LogP contribution in [0.3, 0.4) is 0 Å². The summed E-state index contributed by atoms with van der Waals surface area (Å²) in [7, 11) is 0. The van der Waals surface area contributed by atoms with E-state index in [0.717, 1.165) is 18.5 Å². The number of amides is 1. The lowest BCUT2D eigenvalue weighted by molar-refractivity contribution is 0.0743. The predicted octanol–water partition coefficient (Wildman–Crippen LogP) is 5.11. The van der Waals surface area contributed by atoms with Crippen molar-refractivity contribution in [1.82, 2.24) is 4.90 Å². The predicted molar refractivity (Wildman–Crippen MR) is 85.8 cm³/mol. The summed E-state index contributed by atoms with van der Waals surface area (Å²) in [5, 5.41) is 4.95. The molecule has 1 amide bonds. The maximum Gasteiger partial charge on any atom is 0.254 e. The van der Waals surface area contributed by atoms with E-state index in [9.17, 15) is 4.79 Å². The van der Waals surface area contributed by atoms with Crippen LogP contribution < -0.4 is 0 Å². The third-order valence-corrected chi connectivity index (χ3v) is 4.37. The van der Waals surface area contributed by atoms with Gasteiger partial charge in [0.1, 0.15) is 0 Å². The van der Waals surface area contributed by atoms with Crippen molar-refractivity contribution in [2.24, 2.45) is 0 Å². The van der Waals surface area contributed by atoms with Gasteiger partial charge in [0.05, 0.1) is 10.0 Å². The molecule has 1 heterocycles. The van der Waals surface area contributed by atoms with Gasteiger partial charge in [0.2, 0.25) is 0 Å². The molecule has 2 nitrogen and oxygen atoms in total. The third-order valence-electron chi connectivity index (χ3n) is 2.90. The Balaban J connectivity index is 2.19. The second-order valence-electron chi connectivity index (χ2n) is 4.49. The Hall–Kier alpha value is -1.03. The van der Waals surface area contributed by atoms with Crippen LogP contribution in [0.5, 0.6) is 0 Å². The smallest absolute Gasteiger partial charge is 0.254 e. The molecule has 0 unspecified atom stereocenters. The highest BCUT2D eigenvalue weighted by Crippen LogP contribution is 2.23. The molecule has 1 aromatic carbocycles. The summed E-state index contributed by atoms with van der Waals surface area (Å²) < 4.78 is 0. The Kier molecular flexibility index (Phi) is 5.46. The summed E-state index contributed by atoms with van der Waals surface area (Å²) in [6, 6.07) is 7.04. The standard InChI is InChI=1S/C15H15Cl2NOS/c1-2-6-18(9-11-5-7-20-10-11)15(19)12-3-4-13(16)14(17)8-12/h3-5,7-8,10H,2,6,9H2,1H3. The molecule has 0 atom stereocenters. The molecule has 5 heteroatoms. The van der Waals surface area contributed by atoms with Crippen molar-refractivity contribution in [3.63, 3.8) is 0 Å². The number of hydrogen-bond donors (Lipinski definition) is 0. The van der Waals surface area contributed by atoms with Crippen molar-refractivity contribution in [1.29, 1.82) is 0 Å². The quantitative estimate of drug-likeness (QED) is 0.747. The number of benzene rings is 1. The zero-order valence-electron chi connectivity index (χ0n) is 11.1. The van der Waals surface area contributed by atoms with Crippen molar-refractivity contribution in [2.75, 3.05) is 6.54 Å². The molecule has 20 heavy (non-hydrogen) atoms. The van der Waals surface area contributed by atoms with Gasteiger partial charge in [-0.3, -0.25) is 4.79 Å². The van der Waals surface area contributed by atoms with Gasteiger partial charge in [0, 0.05) is 18.7 Å². The molecule has 0 aliphatic heterocycles. The molecule has 106 valence electrons. The van der Waals surface area contributed by atoms with Crippen LogP contribution in [0.4, 0.5) is 0 Å². The number of carbonyl (C=O) groups is 1. The van der Waals surface area contributed by atoms with Gasteiger partial charge in [-0.1, -0.05) is 30.1 Å². The molecular formula is C15H15Cl2NOS. The molecular weight excluding hydrogens is 313 g/mol. The highest BCUT2D eigenvalue weighted by Gasteiger charge is 2.16. The van der Waals surface area contributed by atoms with Gasteiger partial charge >= 0.3 is 0 Å². The van der Waals surface area contributed by atoms with E-state index in [1.165, 1.54) is 0 Å². The average Bonchev–Trinajstić information content (AvgIpc) is 2.93. The number of thiophene rings is 1. The van der Waals surface area contributed by atoms with Crippen molar-refractivity contribution in [3.05, 3.63) is 56.2 Å². The lowest BCUT2D eigenvalue weighted by atomic mass is 10.2. The topological polar surface area (TPSA) is 20.3 Å². The number of rotatable bonds is 5. The van der Waals surface area contributed by atoms with Crippen LogP contribution in [0.1, 0.15) is 29.3 Å². The van der Waals surface area contributed by atoms with Gasteiger partial charge in [-0.25, -0.2) is 0 Å². The normalized spacial score (nSPS) is 10.6. The lowest BCUT2D eigenvalue weighted by Gasteiger charge is -2.22. The number of nitrogens with zero attached hydrogens (tertiary/aromatic N) is 1. The van der Waals surface area contributed by atoms with E-state index in [1.54, 1.807) is 29.5 Å². The summed E-state index contributed by atoms with van der Waals surface area (Å²) in [6.07, 6.45) is 0.914. The maximum absolute atomic E-state index is 12.6. The van der Waals surface area contributed by atoms with Crippen LogP contribution in [-0.4, -0.2) is 17.4 Å². The van der Waals surface area contributed by atoms with Gasteiger partial charge < -0.3 is 4.90 Å². The van der Waals surface area contributed by atoms with Crippen molar-refractivity contribution < 1.29 is 4.79 Å². The zero-order chi connectivity index (χ0) is 14.5. The van der Waals surface area contributed by atoms with E-state index in [0.29, 0.717) is 22.2 Å². The minimum Gasteiger partial charge on any atom is -0.334 e. The van der Waals surface area contributed by atoms with Crippen LogP contribution in [0, 0.1) is 0 Å². The van der Waals surface area contributed by atoms with Crippen LogP contribution in [0.2, 0.25) is 10.0 Å². The van der Waals surface area contributed by atoms with E-state index < -0.39 is 0 Å². The highest BCUT2D eigenvalue weighted by molar-refractivity contribution is 7.07. The van der Waals surface area contributed by atoms with E-state index in [1.807, 2.05) is 16.3 Å². The first-order valence-corrected chi connectivity index (χ1v) is 8.07. The highest BCUT2D eigenvalue weighted by atomic mass is 35.5. The molecule has 0 aliphatic carbocycles. The molecule has 0 bridgehead atoms. The molecule has 0 aliphatic rings. The van der Waals surface area contributed by atoms with Crippen molar-refractivity contribution >= 4 is 40.4 Å². The van der Waals surface area contributed by atoms with E-state index in [-0.39, 0.29) is 5.91 Å². The Bertz CT molecular complexity index is 584. The zero-order valence-corrected chi connectivity index (χ0v) is 13.4. The fourth-order valence-electron chi connectivity index (χ4n) is 1.94. The van der Waals surface area contributed by atoms with E-state index in [4.69, 9.17) is 23.2 Å². The van der Waals surface area contributed by atoms with E-state index in [2.05, 4.69) is 12.3 Å². The molecule has 0 fully saturated rings. The monoisotopic (exact) mass is 327 g/mol. The first-order chi connectivity index (χ1) is 9.61. The van der Waals surface area contributed by atoms with Gasteiger partial charge in [0.25, 0.3) is 5.91 Å². The molecule has 0 saturated heterocycles. The fourth-order valence-corrected chi connectivity index (χ4v) is 2.89. The van der Waals surface area contributed by atoms with E-state index >= 15 is 0 Å². The maximum atomic E-state index is 12.6. The summed E-state index contributed by atoms with van der Waals surface area (Å²) >= 11 is 13.5. The summed E-state index contributed by atoms with van der Waals surface area (Å²) in [4.78, 5) is 14.4. The Labute approximate surface area is 132 Å². The minimum absolute atomic E-state index is 0.0170. The van der Waals surface area contributed by atoms with Crippen molar-refractivity contribution in [2.45, 2.75) is 19.9 Å². The van der Waals surface area contributed by atoms with Crippen molar-refractivity contribution in [3.8, 4) is 0 Å². The average molecular weight is 328 g/mol. The summed E-state index contributed by atoms with van der Waals surface area (Å²) in [5.41, 5.74) is 1.72. The molecule has 2 rings (SSSR count). The van der Waals surface area contributed by atoms with Crippen LogP contribution >= 0.6 is 34.5 Å². The van der Waals surface area contributed by atoms with Gasteiger partial charge in [-0.15, -0.1) is 0 Å². The third kappa shape index (κ3) is 3.75. The summed E-state index contributed by atoms with van der Waals surface area (Å²) in [6.45, 7) is 3.40. The second-order valence-corrected chi connectivity index (χ2v) is 6.08. The number of carbonyl (C=O) groups excluding carboxylic acids is 1. The van der Waals surface area contributed by atoms with Crippen LogP contribution in [0.15, 0.2) is 35.0 Å². The molecule has 0 N–H and O–H groups in total. The molecule has 2 aromatic rings. The van der Waals surface area contributed by atoms with Crippen LogP contribution in [0.25, 0.3) is 0 Å². The second kappa shape index (κ2) is 7.11. The Morgan fingerprint density at radius 3 is 2.65 bits per heavy atom. The number of hydrogen-bond acceptors (Lipinski definition) is 2. The molecule has 0 spiro atoms. The molecule has 0 saturated carbocycles. The Morgan fingerprint density at radius 1 is 1.25 bits per heavy atom. The first kappa shape index (κ1) is 15.4. The van der Waals surface area contributed by atoms with Gasteiger partial charge in [-0.2, -0.15) is 11.3 Å². The summed E-state index contributed by atoms with van der Waals surface area (Å²) in [5.74, 6) is -0.0170. The largest absolute Gasteiger partial charge is 0.334 e. The lowest BCUT2D eigenvalue weighted by Crippen LogP contribution is -2.31. The first-order valence-electron chi connectivity index (χ1n) is 6.37. The minimum atomic E-state index is -0.0170. The molecule has 0 radical (unpaired) electrons. The van der Waals surface area contributed by atoms with Gasteiger partial charge in [0.15, 0.2) is 0 Å². The fraction of sp³-hybridized carbons (Fsp3) is 0.267. The number of halogens is 2. The Morgan fingerprint density at radius 2 is 2.05 bits per heavy atom.